The van der Waals surface area contributed by atoms with Gasteiger partial charge in [0.25, 0.3) is 0 Å². The lowest BCUT2D eigenvalue weighted by Crippen LogP contribution is -2.14. The third kappa shape index (κ3) is 5.98. The summed E-state index contributed by atoms with van der Waals surface area (Å²) in [5, 5.41) is 4.12. The molecule has 0 aliphatic heterocycles. The van der Waals surface area contributed by atoms with Crippen LogP contribution in [0.1, 0.15) is 16.9 Å². The minimum Gasteiger partial charge on any atom is -0.497 e. The van der Waals surface area contributed by atoms with Gasteiger partial charge in [-0.3, -0.25) is 4.79 Å². The number of nitrogens with one attached hydrogen (secondary N) is 1. The number of thiazole rings is 1. The number of rotatable bonds is 8. The Labute approximate surface area is 166 Å². The molecule has 1 N–H and O–H groups in total. The van der Waals surface area contributed by atoms with Crippen LogP contribution in [0, 0.1) is 0 Å². The topological polar surface area (TPSA) is 60.5 Å². The Morgan fingerprint density at radius 1 is 1.11 bits per heavy atom. The van der Waals surface area contributed by atoms with Gasteiger partial charge in [0.15, 0.2) is 5.13 Å². The summed E-state index contributed by atoms with van der Waals surface area (Å²) < 4.78 is 10.7. The predicted molar refractivity (Wildman–Crippen MR) is 108 cm³/mol. The molecule has 0 bridgehead atoms. The molecule has 0 aliphatic carbocycles. The van der Waals surface area contributed by atoms with E-state index in [0.717, 1.165) is 22.6 Å². The van der Waals surface area contributed by atoms with Crippen LogP contribution in [0.15, 0.2) is 54.7 Å². The summed E-state index contributed by atoms with van der Waals surface area (Å²) in [5.41, 5.74) is 1.15. The van der Waals surface area contributed by atoms with Crippen LogP contribution in [0.2, 0.25) is 5.02 Å². The molecule has 7 heteroatoms. The normalized spacial score (nSPS) is 10.4. The molecule has 1 heterocycles. The molecule has 0 fully saturated rings. The van der Waals surface area contributed by atoms with Crippen molar-refractivity contribution in [2.45, 2.75) is 12.8 Å². The smallest absolute Gasteiger partial charge is 0.229 e. The van der Waals surface area contributed by atoms with Crippen LogP contribution in [0.25, 0.3) is 0 Å². The molecular formula is C20H19ClN2O3S. The Morgan fingerprint density at radius 2 is 1.81 bits per heavy atom. The molecule has 0 atom stereocenters. The van der Waals surface area contributed by atoms with Gasteiger partial charge in [-0.2, -0.15) is 0 Å². The van der Waals surface area contributed by atoms with Crippen molar-refractivity contribution >= 4 is 34.0 Å². The first-order chi connectivity index (χ1) is 13.1. The highest BCUT2D eigenvalue weighted by molar-refractivity contribution is 7.15. The Morgan fingerprint density at radius 3 is 2.52 bits per heavy atom. The molecule has 5 nitrogen and oxygen atoms in total. The highest BCUT2D eigenvalue weighted by Gasteiger charge is 2.08. The van der Waals surface area contributed by atoms with E-state index >= 15 is 0 Å². The van der Waals surface area contributed by atoms with Gasteiger partial charge in [0, 0.05) is 22.5 Å². The minimum absolute atomic E-state index is 0.129. The van der Waals surface area contributed by atoms with E-state index in [1.54, 1.807) is 25.4 Å². The van der Waals surface area contributed by atoms with Gasteiger partial charge in [-0.25, -0.2) is 4.98 Å². The summed E-state index contributed by atoms with van der Waals surface area (Å²) in [6.07, 6.45) is 2.78. The fourth-order valence-electron chi connectivity index (χ4n) is 2.37. The summed E-state index contributed by atoms with van der Waals surface area (Å²) in [4.78, 5) is 17.4. The van der Waals surface area contributed by atoms with Gasteiger partial charge < -0.3 is 14.8 Å². The van der Waals surface area contributed by atoms with Crippen LogP contribution < -0.4 is 14.8 Å². The van der Waals surface area contributed by atoms with Gasteiger partial charge in [0.2, 0.25) is 5.91 Å². The Balaban J connectivity index is 1.43. The van der Waals surface area contributed by atoms with E-state index in [2.05, 4.69) is 10.3 Å². The molecule has 1 aromatic heterocycles. The zero-order valence-electron chi connectivity index (χ0n) is 14.8. The molecule has 0 radical (unpaired) electrons. The lowest BCUT2D eigenvalue weighted by atomic mass is 10.1. The standard InChI is InChI=1S/C20H19ClN2O3S/c1-25-16-6-8-17(9-7-16)26-11-10-19(24)23-20-22-13-18(27-20)12-14-2-4-15(21)5-3-14/h2-9,13H,10-12H2,1H3,(H,22,23,24). The van der Waals surface area contributed by atoms with Crippen LogP contribution in [0.5, 0.6) is 11.5 Å². The van der Waals surface area contributed by atoms with Crippen molar-refractivity contribution in [3.63, 3.8) is 0 Å². The van der Waals surface area contributed by atoms with E-state index in [9.17, 15) is 4.79 Å². The number of methoxy groups -OCH3 is 1. The van der Waals surface area contributed by atoms with E-state index in [1.807, 2.05) is 36.4 Å². The number of carbonyl (C=O) groups excluding carboxylic acids is 1. The lowest BCUT2D eigenvalue weighted by molar-refractivity contribution is -0.116. The van der Waals surface area contributed by atoms with Crippen molar-refractivity contribution in [2.24, 2.45) is 0 Å². The number of carbonyl (C=O) groups is 1. The summed E-state index contributed by atoms with van der Waals surface area (Å²) in [7, 11) is 1.61. The van der Waals surface area contributed by atoms with Crippen molar-refractivity contribution in [1.82, 2.24) is 4.98 Å². The van der Waals surface area contributed by atoms with Crippen LogP contribution in [-0.2, 0) is 11.2 Å². The Hall–Kier alpha value is -2.57. The first kappa shape index (κ1) is 19.2. The SMILES string of the molecule is COc1ccc(OCCC(=O)Nc2ncc(Cc3ccc(Cl)cc3)s2)cc1. The fourth-order valence-corrected chi connectivity index (χ4v) is 3.35. The maximum absolute atomic E-state index is 12.0. The first-order valence-corrected chi connectivity index (χ1v) is 9.57. The van der Waals surface area contributed by atoms with E-state index in [4.69, 9.17) is 21.1 Å². The molecule has 0 saturated heterocycles. The van der Waals surface area contributed by atoms with Crippen molar-refractivity contribution in [3.05, 3.63) is 70.2 Å². The molecule has 3 rings (SSSR count). The average molecular weight is 403 g/mol. The monoisotopic (exact) mass is 402 g/mol. The van der Waals surface area contributed by atoms with Crippen LogP contribution >= 0.6 is 22.9 Å². The minimum atomic E-state index is -0.129. The maximum atomic E-state index is 12.0. The van der Waals surface area contributed by atoms with Crippen LogP contribution in [0.4, 0.5) is 5.13 Å². The summed E-state index contributed by atoms with van der Waals surface area (Å²) >= 11 is 7.36. The number of hydrogen-bond donors (Lipinski definition) is 1. The summed E-state index contributed by atoms with van der Waals surface area (Å²) in [6.45, 7) is 0.293. The highest BCUT2D eigenvalue weighted by atomic mass is 35.5. The van der Waals surface area contributed by atoms with Gasteiger partial charge in [0.1, 0.15) is 11.5 Å². The number of ether oxygens (including phenoxy) is 2. The quantitative estimate of drug-likeness (QED) is 0.587. The number of amides is 1. The molecule has 3 aromatic rings. The van der Waals surface area contributed by atoms with Crippen LogP contribution in [-0.4, -0.2) is 24.6 Å². The van der Waals surface area contributed by atoms with E-state index in [1.165, 1.54) is 11.3 Å². The van der Waals surface area contributed by atoms with Crippen molar-refractivity contribution in [1.29, 1.82) is 0 Å². The second-order valence-corrected chi connectivity index (χ2v) is 7.31. The van der Waals surface area contributed by atoms with Gasteiger partial charge in [-0.15, -0.1) is 11.3 Å². The Kier molecular flexibility index (Phi) is 6.68. The zero-order valence-corrected chi connectivity index (χ0v) is 16.3. The number of benzene rings is 2. The second-order valence-electron chi connectivity index (χ2n) is 5.76. The van der Waals surface area contributed by atoms with Crippen molar-refractivity contribution in [2.75, 3.05) is 19.0 Å². The number of nitrogens with zero attached hydrogens (tertiary/aromatic N) is 1. The maximum Gasteiger partial charge on any atom is 0.229 e. The van der Waals surface area contributed by atoms with Crippen molar-refractivity contribution < 1.29 is 14.3 Å². The molecule has 0 spiro atoms. The van der Waals surface area contributed by atoms with Crippen LogP contribution in [0.3, 0.4) is 0 Å². The molecule has 27 heavy (non-hydrogen) atoms. The molecule has 0 saturated carbocycles. The van der Waals surface area contributed by atoms with E-state index < -0.39 is 0 Å². The largest absolute Gasteiger partial charge is 0.497 e. The molecule has 140 valence electrons. The van der Waals surface area contributed by atoms with E-state index in [-0.39, 0.29) is 12.3 Å². The molecule has 1 amide bonds. The molecule has 0 aliphatic rings. The average Bonchev–Trinajstić information content (AvgIpc) is 3.11. The predicted octanol–water partition coefficient (Wildman–Crippen LogP) is 4.80. The second kappa shape index (κ2) is 9.39. The van der Waals surface area contributed by atoms with Gasteiger partial charge in [-0.05, 0) is 42.0 Å². The highest BCUT2D eigenvalue weighted by Crippen LogP contribution is 2.22. The third-order valence-corrected chi connectivity index (χ3v) is 4.91. The van der Waals surface area contributed by atoms with Crippen molar-refractivity contribution in [3.8, 4) is 11.5 Å². The summed E-state index contributed by atoms with van der Waals surface area (Å²) in [6, 6.07) is 14.9. The van der Waals surface area contributed by atoms with Gasteiger partial charge in [0.05, 0.1) is 20.1 Å². The molecule has 2 aromatic carbocycles. The van der Waals surface area contributed by atoms with E-state index in [0.29, 0.717) is 22.5 Å². The zero-order chi connectivity index (χ0) is 19.1. The third-order valence-electron chi connectivity index (χ3n) is 3.75. The van der Waals surface area contributed by atoms with Gasteiger partial charge >= 0.3 is 0 Å². The Bertz CT molecular complexity index is 879. The number of aromatic nitrogens is 1. The lowest BCUT2D eigenvalue weighted by Gasteiger charge is -2.06. The molecule has 0 unspecified atom stereocenters. The molecular weight excluding hydrogens is 384 g/mol. The summed E-state index contributed by atoms with van der Waals surface area (Å²) in [5.74, 6) is 1.33. The fraction of sp³-hybridized carbons (Fsp3) is 0.200. The number of anilines is 1. The number of hydrogen-bond acceptors (Lipinski definition) is 5. The van der Waals surface area contributed by atoms with Gasteiger partial charge in [-0.1, -0.05) is 23.7 Å². The number of halogens is 1. The first-order valence-electron chi connectivity index (χ1n) is 8.38.